The van der Waals surface area contributed by atoms with Crippen LogP contribution in [0.1, 0.15) is 20.8 Å². The summed E-state index contributed by atoms with van der Waals surface area (Å²) in [5.41, 5.74) is 0.686. The van der Waals surface area contributed by atoms with Crippen molar-refractivity contribution in [1.29, 1.82) is 0 Å². The maximum atomic E-state index is 13.6. The minimum Gasteiger partial charge on any atom is -0.357 e. The van der Waals surface area contributed by atoms with Crippen LogP contribution in [0.5, 0.6) is 0 Å². The molecular formula is C24H16F2N6O4S. The quantitative estimate of drug-likeness (QED) is 0.266. The number of halogens is 2. The number of benzene rings is 2. The molecule has 5 rings (SSSR count). The number of aromatic amines is 2. The van der Waals surface area contributed by atoms with Gasteiger partial charge >= 0.3 is 0 Å². The number of anilines is 2. The summed E-state index contributed by atoms with van der Waals surface area (Å²) in [4.78, 5) is 31.4. The van der Waals surface area contributed by atoms with Crippen LogP contribution in [0.25, 0.3) is 10.9 Å². The number of sulfone groups is 1. The van der Waals surface area contributed by atoms with Gasteiger partial charge in [0, 0.05) is 23.8 Å². The van der Waals surface area contributed by atoms with E-state index < -0.39 is 38.2 Å². The molecule has 186 valence electrons. The van der Waals surface area contributed by atoms with Gasteiger partial charge in [0.2, 0.25) is 9.84 Å². The normalized spacial score (nSPS) is 11.4. The van der Waals surface area contributed by atoms with Crippen LogP contribution in [0, 0.1) is 11.6 Å². The molecule has 0 aliphatic rings. The van der Waals surface area contributed by atoms with Crippen molar-refractivity contribution in [2.45, 2.75) is 9.79 Å². The average Bonchev–Trinajstić information content (AvgIpc) is 3.54. The summed E-state index contributed by atoms with van der Waals surface area (Å²) in [5.74, 6) is -3.27. The number of carbonyl (C=O) groups is 2. The van der Waals surface area contributed by atoms with Crippen molar-refractivity contribution < 1.29 is 26.8 Å². The Labute approximate surface area is 207 Å². The number of fused-ring (bicyclic) bond motifs is 1. The van der Waals surface area contributed by atoms with Crippen molar-refractivity contribution in [3.63, 3.8) is 0 Å². The number of nitrogens with zero attached hydrogens (tertiary/aromatic N) is 2. The Morgan fingerprint density at radius 3 is 2.32 bits per heavy atom. The molecule has 0 saturated heterocycles. The lowest BCUT2D eigenvalue weighted by Crippen LogP contribution is -2.19. The van der Waals surface area contributed by atoms with E-state index in [4.69, 9.17) is 0 Å². The number of hydrogen-bond donors (Lipinski definition) is 4. The van der Waals surface area contributed by atoms with Crippen LogP contribution in [0.4, 0.5) is 20.4 Å². The van der Waals surface area contributed by atoms with E-state index in [9.17, 15) is 26.8 Å². The Hall–Kier alpha value is -4.91. The number of pyridine rings is 1. The van der Waals surface area contributed by atoms with Crippen molar-refractivity contribution in [2.75, 3.05) is 10.6 Å². The molecule has 0 unspecified atom stereocenters. The average molecular weight is 522 g/mol. The topological polar surface area (TPSA) is 150 Å². The van der Waals surface area contributed by atoms with Gasteiger partial charge < -0.3 is 15.6 Å². The van der Waals surface area contributed by atoms with Crippen LogP contribution < -0.4 is 10.6 Å². The molecule has 37 heavy (non-hydrogen) atoms. The van der Waals surface area contributed by atoms with Gasteiger partial charge in [-0.25, -0.2) is 22.2 Å². The lowest BCUT2D eigenvalue weighted by atomic mass is 10.2. The summed E-state index contributed by atoms with van der Waals surface area (Å²) < 4.78 is 53.3. The molecule has 5 aromatic rings. The summed E-state index contributed by atoms with van der Waals surface area (Å²) in [7, 11) is -4.29. The predicted octanol–water partition coefficient (Wildman–Crippen LogP) is 3.90. The van der Waals surface area contributed by atoms with E-state index in [1.807, 2.05) is 0 Å². The molecule has 0 radical (unpaired) electrons. The third-order valence-corrected chi connectivity index (χ3v) is 7.08. The van der Waals surface area contributed by atoms with Crippen LogP contribution in [0.15, 0.2) is 82.8 Å². The number of rotatable bonds is 6. The zero-order chi connectivity index (χ0) is 26.2. The van der Waals surface area contributed by atoms with E-state index in [1.54, 1.807) is 18.3 Å². The molecule has 0 aliphatic carbocycles. The molecule has 0 spiro atoms. The number of amides is 2. The highest BCUT2D eigenvalue weighted by Gasteiger charge is 2.22. The number of hydrogen-bond acceptors (Lipinski definition) is 6. The Balaban J connectivity index is 1.45. The fraction of sp³-hybridized carbons (Fsp3) is 0. The van der Waals surface area contributed by atoms with Gasteiger partial charge in [-0.3, -0.25) is 14.7 Å². The first-order valence-electron chi connectivity index (χ1n) is 10.6. The van der Waals surface area contributed by atoms with Gasteiger partial charge in [-0.2, -0.15) is 5.10 Å². The largest absolute Gasteiger partial charge is 0.357 e. The SMILES string of the molecule is O=C(Nc1ncccc1C(=O)Nc1n[nH]c2ccc(S(=O)(=O)c3cc(F)cc(F)c3)cc12)c1ccc[nH]1. The molecule has 2 amide bonds. The Kier molecular flexibility index (Phi) is 5.97. The summed E-state index contributed by atoms with van der Waals surface area (Å²) in [6.07, 6.45) is 2.97. The van der Waals surface area contributed by atoms with E-state index in [1.165, 1.54) is 36.5 Å². The highest BCUT2D eigenvalue weighted by Crippen LogP contribution is 2.29. The van der Waals surface area contributed by atoms with Gasteiger partial charge in [-0.15, -0.1) is 0 Å². The minimum absolute atomic E-state index is 0.00385. The van der Waals surface area contributed by atoms with Crippen LogP contribution in [-0.2, 0) is 9.84 Å². The number of carbonyl (C=O) groups excluding carboxylic acids is 2. The first kappa shape index (κ1) is 23.8. The van der Waals surface area contributed by atoms with Crippen LogP contribution in [0.2, 0.25) is 0 Å². The Bertz CT molecular complexity index is 1750. The van der Waals surface area contributed by atoms with Crippen LogP contribution >= 0.6 is 0 Å². The second-order valence-corrected chi connectivity index (χ2v) is 9.73. The summed E-state index contributed by atoms with van der Waals surface area (Å²) in [6, 6.07) is 12.0. The number of aromatic nitrogens is 4. The lowest BCUT2D eigenvalue weighted by Gasteiger charge is -2.09. The third kappa shape index (κ3) is 4.67. The molecule has 2 aromatic carbocycles. The number of nitrogens with one attached hydrogen (secondary N) is 4. The van der Waals surface area contributed by atoms with Gasteiger partial charge in [-0.1, -0.05) is 0 Å². The van der Waals surface area contributed by atoms with Gasteiger partial charge in [-0.05, 0) is 54.6 Å². The molecule has 0 aliphatic heterocycles. The number of H-pyrrole nitrogens is 2. The summed E-state index contributed by atoms with van der Waals surface area (Å²) in [6.45, 7) is 0. The van der Waals surface area contributed by atoms with Crippen molar-refractivity contribution in [3.8, 4) is 0 Å². The molecular weight excluding hydrogens is 506 g/mol. The molecule has 3 aromatic heterocycles. The second-order valence-electron chi connectivity index (χ2n) is 7.78. The molecule has 4 N–H and O–H groups in total. The highest BCUT2D eigenvalue weighted by molar-refractivity contribution is 7.91. The maximum Gasteiger partial charge on any atom is 0.273 e. The molecule has 0 atom stereocenters. The van der Waals surface area contributed by atoms with Crippen molar-refractivity contribution in [3.05, 3.63) is 95.9 Å². The van der Waals surface area contributed by atoms with Crippen LogP contribution in [-0.4, -0.2) is 40.4 Å². The first-order chi connectivity index (χ1) is 17.7. The molecule has 0 saturated carbocycles. The molecule has 13 heteroatoms. The van der Waals surface area contributed by atoms with Gasteiger partial charge in [0.05, 0.1) is 20.9 Å². The van der Waals surface area contributed by atoms with Crippen molar-refractivity contribution in [2.24, 2.45) is 0 Å². The van der Waals surface area contributed by atoms with Gasteiger partial charge in [0.1, 0.15) is 23.1 Å². The van der Waals surface area contributed by atoms with Crippen molar-refractivity contribution >= 4 is 44.2 Å². The zero-order valence-corrected chi connectivity index (χ0v) is 19.4. The lowest BCUT2D eigenvalue weighted by molar-refractivity contribution is 0.102. The maximum absolute atomic E-state index is 13.6. The smallest absolute Gasteiger partial charge is 0.273 e. The molecule has 10 nitrogen and oxygen atoms in total. The fourth-order valence-electron chi connectivity index (χ4n) is 3.58. The zero-order valence-electron chi connectivity index (χ0n) is 18.6. The Morgan fingerprint density at radius 1 is 0.838 bits per heavy atom. The van der Waals surface area contributed by atoms with Gasteiger partial charge in [0.25, 0.3) is 11.8 Å². The highest BCUT2D eigenvalue weighted by atomic mass is 32.2. The fourth-order valence-corrected chi connectivity index (χ4v) is 4.91. The monoisotopic (exact) mass is 522 g/mol. The van der Waals surface area contributed by atoms with Gasteiger partial charge in [0.15, 0.2) is 5.82 Å². The van der Waals surface area contributed by atoms with E-state index >= 15 is 0 Å². The van der Waals surface area contributed by atoms with E-state index in [2.05, 4.69) is 30.8 Å². The molecule has 3 heterocycles. The second kappa shape index (κ2) is 9.28. The minimum atomic E-state index is -4.29. The predicted molar refractivity (Wildman–Crippen MR) is 129 cm³/mol. The van der Waals surface area contributed by atoms with Crippen LogP contribution in [0.3, 0.4) is 0 Å². The summed E-state index contributed by atoms with van der Waals surface area (Å²) >= 11 is 0. The summed E-state index contributed by atoms with van der Waals surface area (Å²) in [5, 5.41) is 12.1. The van der Waals surface area contributed by atoms with E-state index in [0.29, 0.717) is 23.7 Å². The van der Waals surface area contributed by atoms with Crippen molar-refractivity contribution in [1.82, 2.24) is 20.2 Å². The first-order valence-corrected chi connectivity index (χ1v) is 12.1. The van der Waals surface area contributed by atoms with E-state index in [-0.39, 0.29) is 33.2 Å². The third-order valence-electron chi connectivity index (χ3n) is 5.35. The Morgan fingerprint density at radius 2 is 1.59 bits per heavy atom. The molecule has 0 fully saturated rings. The standard InChI is InChI=1S/C24H16F2N6O4S/c25-13-9-14(26)11-16(10-13)37(35,36)15-5-6-19-18(12-15)22(32-31-19)30-23(33)17-3-1-8-28-21(17)29-24(34)20-4-2-7-27-20/h1-12,27H,(H,28,29,34)(H2,30,31,32,33). The van der Waals surface area contributed by atoms with E-state index in [0.717, 1.165) is 0 Å². The molecule has 0 bridgehead atoms.